The second-order valence-electron chi connectivity index (χ2n) is 14.8. The molecule has 11 rings (SSSR count). The summed E-state index contributed by atoms with van der Waals surface area (Å²) >= 11 is 0. The van der Waals surface area contributed by atoms with Crippen molar-refractivity contribution in [1.29, 1.82) is 0 Å². The van der Waals surface area contributed by atoms with E-state index in [0.29, 0.717) is 29.3 Å². The lowest BCUT2D eigenvalue weighted by Gasteiger charge is -2.37. The second-order valence-corrected chi connectivity index (χ2v) is 14.8. The van der Waals surface area contributed by atoms with Crippen LogP contribution in [0.4, 0.5) is 0 Å². The van der Waals surface area contributed by atoms with Crippen LogP contribution in [0.5, 0.6) is 0 Å². The average molecular weight is 642 g/mol. The Hall–Kier alpha value is -5.67. The summed E-state index contributed by atoms with van der Waals surface area (Å²) in [6.45, 7) is 0. The van der Waals surface area contributed by atoms with Crippen LogP contribution in [-0.4, -0.2) is 15.0 Å². The molecule has 0 amide bonds. The summed E-state index contributed by atoms with van der Waals surface area (Å²) in [6.07, 6.45) is 5.50. The van der Waals surface area contributed by atoms with Gasteiger partial charge in [-0.1, -0.05) is 121 Å². The molecule has 238 valence electrons. The third kappa shape index (κ3) is 4.32. The fourth-order valence-corrected chi connectivity index (χ4v) is 9.93. The zero-order valence-electron chi connectivity index (χ0n) is 27.8. The highest BCUT2D eigenvalue weighted by Gasteiger charge is 2.47. The SMILES string of the molecule is c1ccc(-c2nc(-c3ccccc3)nc(-c3ccc4c(c3)-c3cc5c(cc3-c3ccccc3-c3ccccc3-4)C3CC4CC(C3)C5C4)n2)cc1. The largest absolute Gasteiger partial charge is 0.208 e. The summed E-state index contributed by atoms with van der Waals surface area (Å²) in [6, 6.07) is 50.6. The fraction of sp³-hybridized carbons (Fsp3) is 0.170. The van der Waals surface area contributed by atoms with E-state index in [0.717, 1.165) is 28.5 Å². The van der Waals surface area contributed by atoms with Crippen LogP contribution in [0, 0.1) is 11.8 Å². The Labute approximate surface area is 292 Å². The van der Waals surface area contributed by atoms with Gasteiger partial charge in [0.15, 0.2) is 17.5 Å². The van der Waals surface area contributed by atoms with Gasteiger partial charge in [0.25, 0.3) is 0 Å². The Morgan fingerprint density at radius 3 is 1.46 bits per heavy atom. The lowest BCUT2D eigenvalue weighted by Crippen LogP contribution is -2.22. The zero-order chi connectivity index (χ0) is 32.8. The van der Waals surface area contributed by atoms with E-state index in [1.807, 2.05) is 36.4 Å². The van der Waals surface area contributed by atoms with Gasteiger partial charge >= 0.3 is 0 Å². The molecule has 50 heavy (non-hydrogen) atoms. The lowest BCUT2D eigenvalue weighted by atomic mass is 9.67. The van der Waals surface area contributed by atoms with Gasteiger partial charge in [-0.25, -0.2) is 15.0 Å². The Morgan fingerprint density at radius 2 is 0.840 bits per heavy atom. The number of aromatic nitrogens is 3. The minimum atomic E-state index is 0.682. The Bertz CT molecular complexity index is 2410. The highest BCUT2D eigenvalue weighted by Crippen LogP contribution is 2.62. The van der Waals surface area contributed by atoms with E-state index < -0.39 is 0 Å². The molecule has 0 aliphatic heterocycles. The van der Waals surface area contributed by atoms with Crippen molar-refractivity contribution in [3.8, 4) is 78.7 Å². The number of rotatable bonds is 3. The molecule has 0 radical (unpaired) electrons. The van der Waals surface area contributed by atoms with Crippen molar-refractivity contribution in [2.24, 2.45) is 11.8 Å². The predicted molar refractivity (Wildman–Crippen MR) is 202 cm³/mol. The smallest absolute Gasteiger partial charge is 0.164 e. The maximum absolute atomic E-state index is 5.13. The van der Waals surface area contributed by atoms with E-state index in [2.05, 4.69) is 103 Å². The van der Waals surface area contributed by atoms with Crippen LogP contribution in [0.2, 0.25) is 0 Å². The number of nitrogens with zero attached hydrogens (tertiary/aromatic N) is 3. The third-order valence-corrected chi connectivity index (χ3v) is 12.1. The summed E-state index contributed by atoms with van der Waals surface area (Å²) in [5.41, 5.74) is 16.5. The molecule has 0 saturated heterocycles. The topological polar surface area (TPSA) is 38.7 Å². The maximum atomic E-state index is 5.13. The summed E-state index contributed by atoms with van der Waals surface area (Å²) in [5.74, 6) is 5.15. The van der Waals surface area contributed by atoms with Crippen LogP contribution < -0.4 is 0 Å². The number of fused-ring (bicyclic) bond motifs is 13. The molecule has 1 heterocycles. The van der Waals surface area contributed by atoms with Gasteiger partial charge in [0.1, 0.15) is 0 Å². The molecular weight excluding hydrogens is 607 g/mol. The molecule has 0 spiro atoms. The summed E-state index contributed by atoms with van der Waals surface area (Å²) in [7, 11) is 0. The molecule has 4 aliphatic rings. The Morgan fingerprint density at radius 1 is 0.360 bits per heavy atom. The fourth-order valence-electron chi connectivity index (χ4n) is 9.93. The van der Waals surface area contributed by atoms with E-state index in [1.165, 1.54) is 70.2 Å². The molecule has 3 bridgehead atoms. The van der Waals surface area contributed by atoms with Crippen LogP contribution in [0.3, 0.4) is 0 Å². The Balaban J connectivity index is 1.18. The van der Waals surface area contributed by atoms with Crippen LogP contribution in [-0.2, 0) is 0 Å². The van der Waals surface area contributed by atoms with Gasteiger partial charge in [-0.2, -0.15) is 0 Å². The van der Waals surface area contributed by atoms with Crippen molar-refractivity contribution >= 4 is 0 Å². The summed E-state index contributed by atoms with van der Waals surface area (Å²) in [4.78, 5) is 15.2. The first-order valence-electron chi connectivity index (χ1n) is 18.1. The van der Waals surface area contributed by atoms with Gasteiger partial charge in [-0.05, 0) is 123 Å². The molecule has 4 unspecified atom stereocenters. The van der Waals surface area contributed by atoms with Crippen LogP contribution in [0.15, 0.2) is 140 Å². The summed E-state index contributed by atoms with van der Waals surface area (Å²) in [5, 5.41) is 0. The molecule has 2 saturated carbocycles. The van der Waals surface area contributed by atoms with Crippen molar-refractivity contribution in [3.05, 3.63) is 151 Å². The standard InChI is InChI=1S/C47H35N3/c1-3-11-29(12-4-1)45-48-46(30-13-5-2-6-14-30)50-47(49-45)31-19-20-38-36-17-8-7-15-34(36)35-16-9-10-18-37(35)42-26-40-33-22-28-21-32(24-33)39(23-28)43(40)27-44(42)41(38)25-31/h1-20,25-28,32-33,39H,21-24H2. The first-order chi connectivity index (χ1) is 24.7. The highest BCUT2D eigenvalue weighted by molar-refractivity contribution is 6.04. The number of benzene rings is 6. The summed E-state index contributed by atoms with van der Waals surface area (Å²) < 4.78 is 0. The van der Waals surface area contributed by atoms with Gasteiger partial charge in [-0.15, -0.1) is 0 Å². The monoisotopic (exact) mass is 641 g/mol. The minimum Gasteiger partial charge on any atom is -0.208 e. The highest BCUT2D eigenvalue weighted by atomic mass is 15.0. The minimum absolute atomic E-state index is 0.682. The van der Waals surface area contributed by atoms with E-state index in [4.69, 9.17) is 15.0 Å². The molecule has 1 aromatic heterocycles. The third-order valence-electron chi connectivity index (χ3n) is 12.1. The molecule has 3 heteroatoms. The average Bonchev–Trinajstić information content (AvgIpc) is 3.43. The van der Waals surface area contributed by atoms with Gasteiger partial charge in [0, 0.05) is 16.7 Å². The maximum Gasteiger partial charge on any atom is 0.164 e. The normalized spacial score (nSPS) is 20.5. The first kappa shape index (κ1) is 28.2. The molecular formula is C47H35N3. The molecule has 2 fully saturated rings. The lowest BCUT2D eigenvalue weighted by molar-refractivity contribution is 0.296. The van der Waals surface area contributed by atoms with E-state index in [1.54, 1.807) is 11.1 Å². The van der Waals surface area contributed by atoms with Gasteiger partial charge in [0.2, 0.25) is 0 Å². The predicted octanol–water partition coefficient (Wildman–Crippen LogP) is 11.9. The van der Waals surface area contributed by atoms with E-state index in [9.17, 15) is 0 Å². The van der Waals surface area contributed by atoms with Crippen molar-refractivity contribution in [2.75, 3.05) is 0 Å². The zero-order valence-corrected chi connectivity index (χ0v) is 27.8. The molecule has 4 aliphatic carbocycles. The number of hydrogen-bond acceptors (Lipinski definition) is 3. The molecule has 7 aromatic rings. The molecule has 3 nitrogen and oxygen atoms in total. The van der Waals surface area contributed by atoms with E-state index >= 15 is 0 Å². The van der Waals surface area contributed by atoms with E-state index in [-0.39, 0.29) is 0 Å². The van der Waals surface area contributed by atoms with Crippen molar-refractivity contribution in [3.63, 3.8) is 0 Å². The van der Waals surface area contributed by atoms with Crippen molar-refractivity contribution < 1.29 is 0 Å². The van der Waals surface area contributed by atoms with Crippen LogP contribution in [0.25, 0.3) is 78.7 Å². The Kier molecular flexibility index (Phi) is 6.16. The molecule has 0 N–H and O–H groups in total. The second kappa shape index (κ2) is 10.9. The molecule has 6 aromatic carbocycles. The van der Waals surface area contributed by atoms with Crippen molar-refractivity contribution in [1.82, 2.24) is 15.0 Å². The molecule has 4 atom stereocenters. The van der Waals surface area contributed by atoms with Gasteiger partial charge < -0.3 is 0 Å². The van der Waals surface area contributed by atoms with Crippen molar-refractivity contribution in [2.45, 2.75) is 37.5 Å². The quantitative estimate of drug-likeness (QED) is 0.193. The van der Waals surface area contributed by atoms with Gasteiger partial charge in [-0.3, -0.25) is 0 Å². The van der Waals surface area contributed by atoms with Gasteiger partial charge in [0.05, 0.1) is 0 Å². The van der Waals surface area contributed by atoms with Crippen LogP contribution in [0.1, 0.15) is 48.6 Å². The van der Waals surface area contributed by atoms with Crippen LogP contribution >= 0.6 is 0 Å². The first-order valence-corrected chi connectivity index (χ1v) is 18.1. The number of hydrogen-bond donors (Lipinski definition) is 0.